The number of fused-ring (bicyclic) bond motifs is 1. The van der Waals surface area contributed by atoms with Gasteiger partial charge < -0.3 is 30.7 Å². The number of imidazole rings is 1. The lowest BCUT2D eigenvalue weighted by molar-refractivity contribution is -0.0424. The van der Waals surface area contributed by atoms with Crippen molar-refractivity contribution in [2.75, 3.05) is 25.4 Å². The fourth-order valence-electron chi connectivity index (χ4n) is 4.51. The zero-order valence-electron chi connectivity index (χ0n) is 23.9. The van der Waals surface area contributed by atoms with Crippen LogP contribution in [0.1, 0.15) is 104 Å². The monoisotopic (exact) mass is 606 g/mol. The number of anilines is 1. The number of ether oxygens (including phenoxy) is 1. The van der Waals surface area contributed by atoms with Crippen LogP contribution in [0.5, 0.6) is 0 Å². The molecule has 230 valence electrons. The summed E-state index contributed by atoms with van der Waals surface area (Å²) in [7, 11) is -4.64. The van der Waals surface area contributed by atoms with Crippen LogP contribution >= 0.6 is 19.4 Å². The van der Waals surface area contributed by atoms with E-state index in [1.165, 1.54) is 101 Å². The molecule has 1 aliphatic heterocycles. The normalized spacial score (nSPS) is 19.2. The molecule has 1 fully saturated rings. The van der Waals surface area contributed by atoms with Gasteiger partial charge in [0.15, 0.2) is 11.5 Å². The third-order valence-electron chi connectivity index (χ3n) is 6.76. The first-order valence-electron chi connectivity index (χ1n) is 14.6. The molecule has 0 amide bonds. The second-order valence-corrected chi connectivity index (χ2v) is 11.8. The number of unbranched alkanes of at least 4 members (excludes halogenated alkanes) is 10. The molecule has 1 saturated heterocycles. The molecule has 0 saturated carbocycles. The fraction of sp³-hybridized carbons (Fsp3) is 0.808. The Kier molecular flexibility index (Phi) is 16.5. The average Bonchev–Trinajstić information content (AvgIpc) is 3.48. The lowest BCUT2D eigenvalue weighted by Gasteiger charge is -2.16. The summed E-state index contributed by atoms with van der Waals surface area (Å²) in [6.07, 6.45) is 15.9. The van der Waals surface area contributed by atoms with Crippen LogP contribution in [-0.4, -0.2) is 66.3 Å². The summed E-state index contributed by atoms with van der Waals surface area (Å²) in [6, 6.07) is 0. The highest BCUT2D eigenvalue weighted by atomic mass is 35.5. The zero-order valence-corrected chi connectivity index (χ0v) is 25.5. The first-order valence-corrected chi connectivity index (χ1v) is 16.5. The minimum atomic E-state index is -4.64. The first kappa shape index (κ1) is 34.8. The number of aliphatic hydroxyl groups is 1. The third-order valence-corrected chi connectivity index (χ3v) is 7.41. The number of aliphatic hydroxyl groups excluding tert-OH is 1. The minimum absolute atomic E-state index is 0.0586. The van der Waals surface area contributed by atoms with Gasteiger partial charge in [-0.1, -0.05) is 78.1 Å². The molecule has 1 aliphatic rings. The van der Waals surface area contributed by atoms with E-state index in [0.29, 0.717) is 11.2 Å². The smallest absolute Gasteiger partial charge is 0.390 e. The molecule has 0 spiro atoms. The maximum Gasteiger partial charge on any atom is 0.469 e. The molecule has 6 N–H and O–H groups in total. The van der Waals surface area contributed by atoms with Crippen molar-refractivity contribution >= 4 is 36.4 Å². The van der Waals surface area contributed by atoms with Crippen molar-refractivity contribution in [3.05, 3.63) is 11.6 Å². The van der Waals surface area contributed by atoms with E-state index < -0.39 is 32.9 Å². The Morgan fingerprint density at radius 3 is 2.20 bits per heavy atom. The van der Waals surface area contributed by atoms with E-state index in [1.807, 2.05) is 0 Å². The minimum Gasteiger partial charge on any atom is -0.390 e. The molecule has 3 rings (SSSR count). The second-order valence-electron chi connectivity index (χ2n) is 10.2. The van der Waals surface area contributed by atoms with Crippen LogP contribution in [0, 0.1) is 0 Å². The summed E-state index contributed by atoms with van der Waals surface area (Å²) in [5.41, 5.74) is 6.38. The number of halogens is 1. The second kappa shape index (κ2) is 18.9. The van der Waals surface area contributed by atoms with Gasteiger partial charge >= 0.3 is 7.82 Å². The van der Waals surface area contributed by atoms with Gasteiger partial charge in [0.05, 0.1) is 19.0 Å². The molecule has 0 bridgehead atoms. The summed E-state index contributed by atoms with van der Waals surface area (Å²) >= 11 is 5.78. The number of phosphoric ester groups is 1. The van der Waals surface area contributed by atoms with Gasteiger partial charge in [0.25, 0.3) is 0 Å². The number of nitrogens with two attached hydrogens (primary N) is 1. The Labute approximate surface area is 242 Å². The van der Waals surface area contributed by atoms with E-state index in [-0.39, 0.29) is 17.5 Å². The molecule has 3 atom stereocenters. The third kappa shape index (κ3) is 13.1. The number of rotatable bonds is 18. The number of hydrogen-bond donors (Lipinski definition) is 5. The molecule has 2 aromatic heterocycles. The SMILES string of the molecule is CCCCCCCCNCCCCCCCC.Nc1nc(Cl)nc2c1ncn2[C@H]1C[C@H](O)[C@@H](COP(=O)(O)O)O1. The summed E-state index contributed by atoms with van der Waals surface area (Å²) in [5.74, 6) is 0.110. The largest absolute Gasteiger partial charge is 0.469 e. The maximum absolute atomic E-state index is 10.7. The van der Waals surface area contributed by atoms with Crippen molar-refractivity contribution in [1.29, 1.82) is 0 Å². The number of nitrogens with zero attached hydrogens (tertiary/aromatic N) is 4. The molecule has 0 unspecified atom stereocenters. The summed E-state index contributed by atoms with van der Waals surface area (Å²) in [4.78, 5) is 29.3. The Morgan fingerprint density at radius 1 is 1.05 bits per heavy atom. The average molecular weight is 607 g/mol. The van der Waals surface area contributed by atoms with E-state index in [2.05, 4.69) is 38.6 Å². The zero-order chi connectivity index (χ0) is 29.4. The van der Waals surface area contributed by atoms with E-state index in [1.54, 1.807) is 0 Å². The Hall–Kier alpha value is -1.37. The predicted molar refractivity (Wildman–Crippen MR) is 157 cm³/mol. The van der Waals surface area contributed by atoms with Gasteiger partial charge in [-0.05, 0) is 37.5 Å². The van der Waals surface area contributed by atoms with Gasteiger partial charge in [0, 0.05) is 6.42 Å². The van der Waals surface area contributed by atoms with Crippen LogP contribution in [0.4, 0.5) is 5.82 Å². The van der Waals surface area contributed by atoms with Gasteiger partial charge in [-0.2, -0.15) is 9.97 Å². The van der Waals surface area contributed by atoms with Crippen molar-refractivity contribution < 1.29 is 28.7 Å². The number of phosphoric acid groups is 1. The highest BCUT2D eigenvalue weighted by Crippen LogP contribution is 2.38. The quantitative estimate of drug-likeness (QED) is 0.0864. The fourth-order valence-corrected chi connectivity index (χ4v) is 5.03. The standard InChI is InChI=1S/C16H35N.C10H13ClN5O6P/c1-3-5-7-9-11-13-15-17-16-14-12-10-8-6-4-2;11-10-14-8(12)7-9(15-10)16(3-13-7)6-1-4(17)5(22-6)2-21-23(18,19)20/h17H,3-16H2,1-2H3;3-6,17H,1-2H2,(H2,12,14,15)(H2,18,19,20)/t;4-,5+,6+/m.0/s1. The van der Waals surface area contributed by atoms with Crippen LogP contribution < -0.4 is 11.1 Å². The highest BCUT2D eigenvalue weighted by Gasteiger charge is 2.37. The van der Waals surface area contributed by atoms with E-state index in [4.69, 9.17) is 31.9 Å². The molecule has 14 heteroatoms. The Bertz CT molecular complexity index is 1010. The van der Waals surface area contributed by atoms with Crippen molar-refractivity contribution in [3.8, 4) is 0 Å². The van der Waals surface area contributed by atoms with Crippen LogP contribution in [-0.2, 0) is 13.8 Å². The topological polar surface area (TPSA) is 178 Å². The molecule has 0 aromatic carbocycles. The maximum atomic E-state index is 10.7. The van der Waals surface area contributed by atoms with E-state index >= 15 is 0 Å². The molecule has 3 heterocycles. The molecule has 12 nitrogen and oxygen atoms in total. The van der Waals surface area contributed by atoms with Crippen molar-refractivity contribution in [2.24, 2.45) is 0 Å². The van der Waals surface area contributed by atoms with Gasteiger partial charge in [0.2, 0.25) is 5.28 Å². The Balaban J connectivity index is 0.000000296. The molecule has 2 aromatic rings. The van der Waals surface area contributed by atoms with Crippen LogP contribution in [0.2, 0.25) is 5.28 Å². The van der Waals surface area contributed by atoms with Gasteiger partial charge in [-0.25, -0.2) is 9.55 Å². The Morgan fingerprint density at radius 2 is 1.62 bits per heavy atom. The van der Waals surface area contributed by atoms with Crippen molar-refractivity contribution in [3.63, 3.8) is 0 Å². The molecular formula is C26H48ClN6O6P. The molecule has 0 aliphatic carbocycles. The molecule has 0 radical (unpaired) electrons. The molecular weight excluding hydrogens is 559 g/mol. The lowest BCUT2D eigenvalue weighted by atomic mass is 10.1. The number of nitrogens with one attached hydrogen (secondary N) is 1. The number of nitrogen functional groups attached to an aromatic ring is 1. The predicted octanol–water partition coefficient (Wildman–Crippen LogP) is 5.12. The first-order chi connectivity index (χ1) is 19.2. The van der Waals surface area contributed by atoms with Gasteiger partial charge in [-0.3, -0.25) is 9.09 Å². The molecule has 40 heavy (non-hydrogen) atoms. The van der Waals surface area contributed by atoms with Gasteiger partial charge in [-0.15, -0.1) is 0 Å². The number of hydrogen-bond acceptors (Lipinski definition) is 9. The van der Waals surface area contributed by atoms with E-state index in [0.717, 1.165) is 0 Å². The van der Waals surface area contributed by atoms with Gasteiger partial charge in [0.1, 0.15) is 17.8 Å². The van der Waals surface area contributed by atoms with Crippen molar-refractivity contribution in [1.82, 2.24) is 24.8 Å². The summed E-state index contributed by atoms with van der Waals surface area (Å²) in [6.45, 7) is 6.58. The van der Waals surface area contributed by atoms with Crippen molar-refractivity contribution in [2.45, 2.75) is 116 Å². The van der Waals surface area contributed by atoms with Crippen LogP contribution in [0.15, 0.2) is 6.33 Å². The number of aromatic nitrogens is 4. The van der Waals surface area contributed by atoms with Crippen LogP contribution in [0.3, 0.4) is 0 Å². The lowest BCUT2D eigenvalue weighted by Crippen LogP contribution is -2.25. The summed E-state index contributed by atoms with van der Waals surface area (Å²) < 4.78 is 22.2. The van der Waals surface area contributed by atoms with E-state index in [9.17, 15) is 9.67 Å². The van der Waals surface area contributed by atoms with Crippen LogP contribution in [0.25, 0.3) is 11.2 Å². The highest BCUT2D eigenvalue weighted by molar-refractivity contribution is 7.46. The summed E-state index contributed by atoms with van der Waals surface area (Å²) in [5, 5.41) is 13.5.